The molecular formula is C11H10F3N3O2. The average molecular weight is 273 g/mol. The number of methoxy groups -OCH3 is 1. The Morgan fingerprint density at radius 3 is 2.53 bits per heavy atom. The van der Waals surface area contributed by atoms with Crippen LogP contribution in [-0.2, 0) is 4.74 Å². The first-order valence-corrected chi connectivity index (χ1v) is 5.26. The van der Waals surface area contributed by atoms with E-state index in [4.69, 9.17) is 15.0 Å². The van der Waals surface area contributed by atoms with Crippen molar-refractivity contribution in [3.63, 3.8) is 0 Å². The quantitative estimate of drug-likeness (QED) is 0.919. The Bertz CT molecular complexity index is 565. The number of hydrogen-bond donors (Lipinski definition) is 1. The summed E-state index contributed by atoms with van der Waals surface area (Å²) in [6, 6.07) is 0.364. The van der Waals surface area contributed by atoms with Crippen molar-refractivity contribution in [3.8, 4) is 11.5 Å². The van der Waals surface area contributed by atoms with Crippen LogP contribution in [0.4, 0.5) is 13.2 Å². The van der Waals surface area contributed by atoms with Gasteiger partial charge in [-0.05, 0) is 0 Å². The van der Waals surface area contributed by atoms with Crippen molar-refractivity contribution in [1.82, 2.24) is 10.1 Å². The summed E-state index contributed by atoms with van der Waals surface area (Å²) in [6.07, 6.45) is 0. The third-order valence-electron chi connectivity index (χ3n) is 2.34. The van der Waals surface area contributed by atoms with Gasteiger partial charge in [-0.2, -0.15) is 4.98 Å². The third-order valence-corrected chi connectivity index (χ3v) is 2.34. The first-order chi connectivity index (χ1) is 9.02. The van der Waals surface area contributed by atoms with E-state index in [1.54, 1.807) is 0 Å². The second kappa shape index (κ2) is 5.37. The maximum atomic E-state index is 13.5. The van der Waals surface area contributed by atoms with Crippen molar-refractivity contribution in [2.75, 3.05) is 13.7 Å². The number of aromatic nitrogens is 2. The fourth-order valence-electron chi connectivity index (χ4n) is 1.49. The maximum absolute atomic E-state index is 13.5. The third kappa shape index (κ3) is 2.74. The summed E-state index contributed by atoms with van der Waals surface area (Å²) in [4.78, 5) is 3.77. The summed E-state index contributed by atoms with van der Waals surface area (Å²) < 4.78 is 49.3. The zero-order valence-electron chi connectivity index (χ0n) is 9.86. The van der Waals surface area contributed by atoms with Crippen LogP contribution >= 0.6 is 0 Å². The molecule has 0 radical (unpaired) electrons. The molecule has 1 heterocycles. The van der Waals surface area contributed by atoms with Gasteiger partial charge in [0.25, 0.3) is 5.89 Å². The lowest BCUT2D eigenvalue weighted by Gasteiger charge is -2.03. The van der Waals surface area contributed by atoms with Gasteiger partial charge in [0.2, 0.25) is 0 Å². The molecule has 19 heavy (non-hydrogen) atoms. The Kier molecular flexibility index (Phi) is 3.82. The molecule has 0 saturated heterocycles. The lowest BCUT2D eigenvalue weighted by molar-refractivity contribution is 0.177. The largest absolute Gasteiger partial charge is 0.383 e. The number of halogens is 3. The van der Waals surface area contributed by atoms with Crippen molar-refractivity contribution >= 4 is 0 Å². The molecule has 0 fully saturated rings. The fraction of sp³-hybridized carbons (Fsp3) is 0.273. The smallest absolute Gasteiger partial charge is 0.263 e. The molecule has 0 aliphatic heterocycles. The number of rotatable bonds is 4. The molecular weight excluding hydrogens is 263 g/mol. The highest BCUT2D eigenvalue weighted by Gasteiger charge is 2.21. The van der Waals surface area contributed by atoms with Gasteiger partial charge in [0, 0.05) is 19.2 Å². The van der Waals surface area contributed by atoms with Crippen LogP contribution in [0.2, 0.25) is 0 Å². The highest BCUT2D eigenvalue weighted by molar-refractivity contribution is 5.54. The molecule has 0 amide bonds. The normalized spacial score (nSPS) is 12.7. The molecule has 0 spiro atoms. The lowest BCUT2D eigenvalue weighted by atomic mass is 10.2. The van der Waals surface area contributed by atoms with E-state index < -0.39 is 34.9 Å². The molecule has 1 aromatic carbocycles. The number of ether oxygens (including phenoxy) is 1. The predicted octanol–water partition coefficient (Wildman–Crippen LogP) is 1.80. The van der Waals surface area contributed by atoms with Gasteiger partial charge in [0.05, 0.1) is 12.6 Å². The predicted molar refractivity (Wildman–Crippen MR) is 58.4 cm³/mol. The summed E-state index contributed by atoms with van der Waals surface area (Å²) in [5.41, 5.74) is 5.05. The monoisotopic (exact) mass is 273 g/mol. The summed E-state index contributed by atoms with van der Waals surface area (Å²) in [7, 11) is 1.43. The number of benzene rings is 1. The number of nitrogens with two attached hydrogens (primary N) is 1. The van der Waals surface area contributed by atoms with Crippen LogP contribution in [0.25, 0.3) is 11.5 Å². The van der Waals surface area contributed by atoms with Crippen LogP contribution in [0, 0.1) is 17.5 Å². The highest BCUT2D eigenvalue weighted by atomic mass is 19.1. The molecule has 1 unspecified atom stereocenters. The molecule has 2 aromatic rings. The molecule has 0 aliphatic carbocycles. The van der Waals surface area contributed by atoms with Gasteiger partial charge in [0.15, 0.2) is 5.82 Å². The highest BCUT2D eigenvalue weighted by Crippen LogP contribution is 2.26. The number of hydrogen-bond acceptors (Lipinski definition) is 5. The minimum Gasteiger partial charge on any atom is -0.383 e. The summed E-state index contributed by atoms with van der Waals surface area (Å²) in [5.74, 6) is -3.66. The fourth-order valence-corrected chi connectivity index (χ4v) is 1.49. The van der Waals surface area contributed by atoms with Gasteiger partial charge in [-0.25, -0.2) is 13.2 Å². The molecule has 1 aromatic heterocycles. The van der Waals surface area contributed by atoms with Gasteiger partial charge in [-0.3, -0.25) is 0 Å². The van der Waals surface area contributed by atoms with E-state index in [1.165, 1.54) is 7.11 Å². The van der Waals surface area contributed by atoms with E-state index >= 15 is 0 Å². The lowest BCUT2D eigenvalue weighted by Crippen LogP contribution is -2.17. The van der Waals surface area contributed by atoms with E-state index in [0.29, 0.717) is 12.1 Å². The van der Waals surface area contributed by atoms with Crippen LogP contribution in [0.15, 0.2) is 16.7 Å². The van der Waals surface area contributed by atoms with Crippen molar-refractivity contribution in [1.29, 1.82) is 0 Å². The van der Waals surface area contributed by atoms with Gasteiger partial charge in [0.1, 0.15) is 23.0 Å². The van der Waals surface area contributed by atoms with Gasteiger partial charge in [-0.1, -0.05) is 5.16 Å². The minimum atomic E-state index is -1.13. The summed E-state index contributed by atoms with van der Waals surface area (Å²) >= 11 is 0. The first kappa shape index (κ1) is 13.5. The van der Waals surface area contributed by atoms with E-state index in [2.05, 4.69) is 10.1 Å². The maximum Gasteiger partial charge on any atom is 0.263 e. The van der Waals surface area contributed by atoms with E-state index in [1.807, 2.05) is 0 Å². The van der Waals surface area contributed by atoms with E-state index in [0.717, 1.165) is 0 Å². The molecule has 102 valence electrons. The average Bonchev–Trinajstić information content (AvgIpc) is 2.77. The van der Waals surface area contributed by atoms with Crippen molar-refractivity contribution in [2.45, 2.75) is 6.04 Å². The SMILES string of the molecule is COCC(N)c1noc(-c2c(F)cc(F)cc2F)n1. The van der Waals surface area contributed by atoms with Crippen LogP contribution in [0.5, 0.6) is 0 Å². The van der Waals surface area contributed by atoms with Gasteiger partial charge >= 0.3 is 0 Å². The first-order valence-electron chi connectivity index (χ1n) is 5.26. The number of nitrogens with zero attached hydrogens (tertiary/aromatic N) is 2. The van der Waals surface area contributed by atoms with Gasteiger partial charge in [-0.15, -0.1) is 0 Å². The van der Waals surface area contributed by atoms with Crippen molar-refractivity contribution in [3.05, 3.63) is 35.4 Å². The standard InChI is InChI=1S/C11H10F3N3O2/c1-18-4-8(15)10-16-11(19-17-10)9-6(13)2-5(12)3-7(9)14/h2-3,8H,4,15H2,1H3. The Hall–Kier alpha value is -1.93. The topological polar surface area (TPSA) is 74.2 Å². The zero-order valence-corrected chi connectivity index (χ0v) is 9.86. The van der Waals surface area contributed by atoms with Crippen molar-refractivity contribution in [2.24, 2.45) is 5.73 Å². The van der Waals surface area contributed by atoms with Crippen LogP contribution in [0.1, 0.15) is 11.9 Å². The van der Waals surface area contributed by atoms with E-state index in [-0.39, 0.29) is 12.4 Å². The zero-order chi connectivity index (χ0) is 14.0. The van der Waals surface area contributed by atoms with Gasteiger partial charge < -0.3 is 15.0 Å². The molecule has 0 saturated carbocycles. The Morgan fingerprint density at radius 1 is 1.32 bits per heavy atom. The summed E-state index contributed by atoms with van der Waals surface area (Å²) in [5, 5.41) is 3.50. The van der Waals surface area contributed by atoms with Crippen LogP contribution in [-0.4, -0.2) is 23.9 Å². The molecule has 5 nitrogen and oxygen atoms in total. The summed E-state index contributed by atoms with van der Waals surface area (Å²) in [6.45, 7) is 0.118. The van der Waals surface area contributed by atoms with Crippen LogP contribution < -0.4 is 5.73 Å². The minimum absolute atomic E-state index is 0.0416. The molecule has 8 heteroatoms. The molecule has 0 aliphatic rings. The second-order valence-corrected chi connectivity index (χ2v) is 3.76. The van der Waals surface area contributed by atoms with E-state index in [9.17, 15) is 13.2 Å². The Labute approximate surface area is 106 Å². The van der Waals surface area contributed by atoms with Crippen molar-refractivity contribution < 1.29 is 22.4 Å². The molecule has 2 rings (SSSR count). The molecule has 0 bridgehead atoms. The second-order valence-electron chi connectivity index (χ2n) is 3.76. The molecule has 2 N–H and O–H groups in total. The molecule has 1 atom stereocenters. The van der Waals surface area contributed by atoms with Crippen LogP contribution in [0.3, 0.4) is 0 Å². The Balaban J connectivity index is 2.38. The Morgan fingerprint density at radius 2 is 1.95 bits per heavy atom.